The highest BCUT2D eigenvalue weighted by atomic mass is 16.2. The largest absolute Gasteiger partial charge is 0.350 e. The monoisotopic (exact) mass is 291 g/mol. The smallest absolute Gasteiger partial charge is 0.332 e. The molecule has 0 spiro atoms. The van der Waals surface area contributed by atoms with Gasteiger partial charge in [0.05, 0.1) is 0 Å². The van der Waals surface area contributed by atoms with Crippen LogP contribution in [-0.4, -0.2) is 11.7 Å². The van der Waals surface area contributed by atoms with Gasteiger partial charge >= 0.3 is 6.03 Å². The topological polar surface area (TPSA) is 67.5 Å². The van der Waals surface area contributed by atoms with Crippen LogP contribution in [0, 0.1) is 16.7 Å². The number of hydrazone groups is 1. The predicted molar refractivity (Wildman–Crippen MR) is 87.0 cm³/mol. The van der Waals surface area contributed by atoms with Crippen molar-refractivity contribution in [2.24, 2.45) is 27.6 Å². The van der Waals surface area contributed by atoms with E-state index >= 15 is 0 Å². The van der Waals surface area contributed by atoms with Crippen LogP contribution in [0.2, 0.25) is 0 Å². The lowest BCUT2D eigenvalue weighted by Crippen LogP contribution is -2.41. The van der Waals surface area contributed by atoms with Crippen molar-refractivity contribution < 1.29 is 4.79 Å². The number of carbonyl (C=O) groups excluding carboxylic acids is 1. The summed E-state index contributed by atoms with van der Waals surface area (Å²) in [7, 11) is 0. The van der Waals surface area contributed by atoms with E-state index in [-0.39, 0.29) is 5.41 Å². The minimum Gasteiger partial charge on any atom is -0.350 e. The number of hydrogen-bond donors (Lipinski definition) is 2. The lowest BCUT2D eigenvalue weighted by Gasteiger charge is -2.48. The molecule has 0 heterocycles. The summed E-state index contributed by atoms with van der Waals surface area (Å²) in [5.41, 5.74) is 12.1. The first-order chi connectivity index (χ1) is 9.67. The highest BCUT2D eigenvalue weighted by Gasteiger charge is 2.44. The van der Waals surface area contributed by atoms with Crippen LogP contribution in [0.1, 0.15) is 66.7 Å². The maximum absolute atomic E-state index is 10.9. The van der Waals surface area contributed by atoms with Gasteiger partial charge in [0, 0.05) is 11.1 Å². The number of primary amides is 1. The van der Waals surface area contributed by atoms with Gasteiger partial charge in [0.2, 0.25) is 0 Å². The normalized spacial score (nSPS) is 32.6. The van der Waals surface area contributed by atoms with Crippen LogP contribution >= 0.6 is 0 Å². The molecule has 2 atom stereocenters. The van der Waals surface area contributed by atoms with E-state index in [0.29, 0.717) is 11.3 Å². The fourth-order valence-corrected chi connectivity index (χ4v) is 4.00. The van der Waals surface area contributed by atoms with Crippen molar-refractivity contribution in [1.82, 2.24) is 5.43 Å². The molecule has 0 unspecified atom stereocenters. The molecule has 2 aliphatic carbocycles. The Balaban J connectivity index is 2.32. The molecule has 4 heteroatoms. The molecule has 21 heavy (non-hydrogen) atoms. The van der Waals surface area contributed by atoms with Gasteiger partial charge in [-0.3, -0.25) is 0 Å². The second kappa shape index (κ2) is 5.47. The average molecular weight is 291 g/mol. The maximum Gasteiger partial charge on any atom is 0.332 e. The quantitative estimate of drug-likeness (QED) is 0.451. The molecule has 0 aromatic heterocycles. The number of rotatable bonds is 2. The molecule has 0 radical (unpaired) electrons. The lowest BCUT2D eigenvalue weighted by atomic mass is 9.57. The van der Waals surface area contributed by atoms with E-state index in [2.05, 4.69) is 38.2 Å². The third-order valence-corrected chi connectivity index (χ3v) is 5.87. The van der Waals surface area contributed by atoms with Crippen LogP contribution in [0.3, 0.4) is 0 Å². The number of nitrogens with two attached hydrogens (primary N) is 1. The van der Waals surface area contributed by atoms with Gasteiger partial charge in [0.1, 0.15) is 0 Å². The van der Waals surface area contributed by atoms with E-state index in [9.17, 15) is 4.79 Å². The van der Waals surface area contributed by atoms with Gasteiger partial charge in [-0.2, -0.15) is 5.10 Å². The highest BCUT2D eigenvalue weighted by Crippen LogP contribution is 2.54. The van der Waals surface area contributed by atoms with Gasteiger partial charge in [-0.1, -0.05) is 38.8 Å². The van der Waals surface area contributed by atoms with Crippen molar-refractivity contribution in [2.45, 2.75) is 66.7 Å². The maximum atomic E-state index is 10.9. The number of urea groups is 1. The fourth-order valence-electron chi connectivity index (χ4n) is 4.00. The van der Waals surface area contributed by atoms with Gasteiger partial charge in [-0.25, -0.2) is 10.2 Å². The SMILES string of the molecule is C/C(=N/NC(N)=O)[C@]1(C)CC2=C(CCCC2(C)C)C[C@@H]1C. The molecule has 0 aromatic carbocycles. The molecular formula is C17H29N3O. The van der Waals surface area contributed by atoms with Gasteiger partial charge in [0.15, 0.2) is 0 Å². The number of carbonyl (C=O) groups is 1. The standard InChI is InChI=1S/C17H29N3O/c1-11-9-13-7-6-8-16(3,4)14(13)10-17(11,5)12(2)19-20-15(18)21/h11H,6-10H2,1-5H3,(H3,18,20,21)/b19-12-/t11-,17+/m0/s1. The van der Waals surface area contributed by atoms with Crippen LogP contribution in [-0.2, 0) is 0 Å². The molecular weight excluding hydrogens is 262 g/mol. The molecule has 0 bridgehead atoms. The summed E-state index contributed by atoms with van der Waals surface area (Å²) in [6.07, 6.45) is 6.04. The van der Waals surface area contributed by atoms with Crippen molar-refractivity contribution in [3.8, 4) is 0 Å². The van der Waals surface area contributed by atoms with Crippen LogP contribution in [0.5, 0.6) is 0 Å². The van der Waals surface area contributed by atoms with E-state index in [1.165, 1.54) is 19.3 Å². The Labute approximate surface area is 128 Å². The Morgan fingerprint density at radius 1 is 1.38 bits per heavy atom. The minimum absolute atomic E-state index is 0.00407. The molecule has 4 nitrogen and oxygen atoms in total. The molecule has 2 aliphatic rings. The molecule has 2 amide bonds. The Morgan fingerprint density at radius 2 is 2.05 bits per heavy atom. The molecule has 0 saturated carbocycles. The lowest BCUT2D eigenvalue weighted by molar-refractivity contribution is 0.222. The zero-order valence-electron chi connectivity index (χ0n) is 14.0. The number of amides is 2. The van der Waals surface area contributed by atoms with E-state index in [1.54, 1.807) is 11.1 Å². The van der Waals surface area contributed by atoms with E-state index in [0.717, 1.165) is 18.6 Å². The zero-order valence-corrected chi connectivity index (χ0v) is 14.0. The van der Waals surface area contributed by atoms with E-state index < -0.39 is 6.03 Å². The van der Waals surface area contributed by atoms with Crippen LogP contribution < -0.4 is 11.2 Å². The Bertz CT molecular complexity index is 504. The van der Waals surface area contributed by atoms with Gasteiger partial charge < -0.3 is 5.73 Å². The fraction of sp³-hybridized carbons (Fsp3) is 0.765. The minimum atomic E-state index is -0.598. The van der Waals surface area contributed by atoms with Crippen molar-refractivity contribution in [3.63, 3.8) is 0 Å². The van der Waals surface area contributed by atoms with Gasteiger partial charge in [-0.05, 0) is 50.4 Å². The molecule has 2 rings (SSSR count). The number of hydrogen-bond acceptors (Lipinski definition) is 2. The van der Waals surface area contributed by atoms with Crippen molar-refractivity contribution >= 4 is 11.7 Å². The summed E-state index contributed by atoms with van der Waals surface area (Å²) < 4.78 is 0. The summed E-state index contributed by atoms with van der Waals surface area (Å²) in [6, 6.07) is -0.598. The predicted octanol–water partition coefficient (Wildman–Crippen LogP) is 3.97. The number of nitrogens with one attached hydrogen (secondary N) is 1. The second-order valence-corrected chi connectivity index (χ2v) is 7.69. The zero-order chi connectivity index (χ0) is 15.8. The summed E-state index contributed by atoms with van der Waals surface area (Å²) in [5, 5.41) is 4.22. The molecule has 3 N–H and O–H groups in total. The Kier molecular flexibility index (Phi) is 4.18. The Morgan fingerprint density at radius 3 is 2.67 bits per heavy atom. The van der Waals surface area contributed by atoms with Crippen molar-refractivity contribution in [2.75, 3.05) is 0 Å². The molecule has 0 aromatic rings. The van der Waals surface area contributed by atoms with Crippen molar-refractivity contribution in [1.29, 1.82) is 0 Å². The summed E-state index contributed by atoms with van der Waals surface area (Å²) in [5.74, 6) is 0.531. The van der Waals surface area contributed by atoms with Crippen LogP contribution in [0.15, 0.2) is 16.2 Å². The average Bonchev–Trinajstić information content (AvgIpc) is 2.38. The Hall–Kier alpha value is -1.32. The summed E-state index contributed by atoms with van der Waals surface area (Å²) in [6.45, 7) is 11.3. The van der Waals surface area contributed by atoms with Crippen molar-refractivity contribution in [3.05, 3.63) is 11.1 Å². The second-order valence-electron chi connectivity index (χ2n) is 7.69. The van der Waals surface area contributed by atoms with Gasteiger partial charge in [0.25, 0.3) is 0 Å². The third-order valence-electron chi connectivity index (χ3n) is 5.87. The first-order valence-corrected chi connectivity index (χ1v) is 7.98. The first kappa shape index (κ1) is 16.1. The highest BCUT2D eigenvalue weighted by molar-refractivity contribution is 5.89. The van der Waals surface area contributed by atoms with E-state index in [4.69, 9.17) is 5.73 Å². The summed E-state index contributed by atoms with van der Waals surface area (Å²) >= 11 is 0. The summed E-state index contributed by atoms with van der Waals surface area (Å²) in [4.78, 5) is 10.9. The first-order valence-electron chi connectivity index (χ1n) is 7.98. The third kappa shape index (κ3) is 2.99. The van der Waals surface area contributed by atoms with Crippen LogP contribution in [0.4, 0.5) is 4.79 Å². The molecule has 0 aliphatic heterocycles. The van der Waals surface area contributed by atoms with Crippen LogP contribution in [0.25, 0.3) is 0 Å². The van der Waals surface area contributed by atoms with Gasteiger partial charge in [-0.15, -0.1) is 0 Å². The number of allylic oxidation sites excluding steroid dienone is 2. The molecule has 118 valence electrons. The van der Waals surface area contributed by atoms with E-state index in [1.807, 2.05) is 6.92 Å². The molecule has 0 saturated heterocycles. The molecule has 0 fully saturated rings. The number of nitrogens with zero attached hydrogens (tertiary/aromatic N) is 1.